The Kier molecular flexibility index (Phi) is 7.92. The molecule has 4 aromatic rings. The summed E-state index contributed by atoms with van der Waals surface area (Å²) in [5.41, 5.74) is 1.77. The average molecular weight is 546 g/mol. The van der Waals surface area contributed by atoms with Gasteiger partial charge in [-0.2, -0.15) is 0 Å². The van der Waals surface area contributed by atoms with E-state index in [1.807, 2.05) is 66.1 Å². The van der Waals surface area contributed by atoms with Gasteiger partial charge in [-0.25, -0.2) is 4.39 Å². The second kappa shape index (κ2) is 11.7. The van der Waals surface area contributed by atoms with Crippen LogP contribution in [0.4, 0.5) is 4.39 Å². The van der Waals surface area contributed by atoms with Gasteiger partial charge in [0.05, 0.1) is 18.4 Å². The molecule has 1 aliphatic heterocycles. The van der Waals surface area contributed by atoms with Crippen LogP contribution in [-0.2, 0) is 4.79 Å². The number of para-hydroxylation sites is 1. The van der Waals surface area contributed by atoms with Gasteiger partial charge in [-0.05, 0) is 43.3 Å². The highest BCUT2D eigenvalue weighted by Crippen LogP contribution is 2.30. The van der Waals surface area contributed by atoms with Gasteiger partial charge in [0.25, 0.3) is 5.91 Å². The molecule has 39 heavy (non-hydrogen) atoms. The number of ether oxygens (including phenoxy) is 1. The number of hydrogen-bond acceptors (Lipinski definition) is 6. The summed E-state index contributed by atoms with van der Waals surface area (Å²) >= 11 is 1.31. The summed E-state index contributed by atoms with van der Waals surface area (Å²) in [5, 5.41) is 9.44. The molecule has 1 aliphatic rings. The van der Waals surface area contributed by atoms with E-state index in [0.717, 1.165) is 11.3 Å². The number of carbonyl (C=O) groups is 2. The number of piperazine rings is 1. The molecule has 3 aromatic carbocycles. The molecule has 0 spiro atoms. The topological polar surface area (TPSA) is 80.6 Å². The summed E-state index contributed by atoms with van der Waals surface area (Å²) in [6.45, 7) is 2.97. The first-order valence-corrected chi connectivity index (χ1v) is 13.6. The molecule has 1 unspecified atom stereocenters. The second-order valence-corrected chi connectivity index (χ2v) is 10.1. The molecule has 0 N–H and O–H groups in total. The molecule has 200 valence electrons. The van der Waals surface area contributed by atoms with Crippen molar-refractivity contribution in [2.45, 2.75) is 18.1 Å². The van der Waals surface area contributed by atoms with E-state index in [2.05, 4.69) is 10.2 Å². The van der Waals surface area contributed by atoms with Crippen LogP contribution in [0.2, 0.25) is 0 Å². The first-order chi connectivity index (χ1) is 19.0. The summed E-state index contributed by atoms with van der Waals surface area (Å²) in [6, 6.07) is 23.1. The smallest absolute Gasteiger partial charge is 0.257 e. The SMILES string of the molecule is COc1cccc(-c2nnc(SCC(=O)N3CCN(C(=O)c4ccccc4F)C(C)C3)n2-c2ccccc2)c1. The normalized spacial score (nSPS) is 15.3. The molecule has 2 heterocycles. The fraction of sp³-hybridized carbons (Fsp3) is 0.241. The lowest BCUT2D eigenvalue weighted by atomic mass is 10.1. The molecule has 1 saturated heterocycles. The number of rotatable bonds is 7. The third-order valence-corrected chi connectivity index (χ3v) is 7.56. The van der Waals surface area contributed by atoms with Gasteiger partial charge in [0.2, 0.25) is 5.91 Å². The number of halogens is 1. The fourth-order valence-corrected chi connectivity index (χ4v) is 5.47. The number of aromatic nitrogens is 3. The summed E-state index contributed by atoms with van der Waals surface area (Å²) in [6.07, 6.45) is 0. The van der Waals surface area contributed by atoms with Gasteiger partial charge >= 0.3 is 0 Å². The van der Waals surface area contributed by atoms with Gasteiger partial charge in [0.1, 0.15) is 11.6 Å². The van der Waals surface area contributed by atoms with Gasteiger partial charge in [0.15, 0.2) is 11.0 Å². The highest BCUT2D eigenvalue weighted by atomic mass is 32.2. The predicted molar refractivity (Wildman–Crippen MR) is 148 cm³/mol. The highest BCUT2D eigenvalue weighted by Gasteiger charge is 2.31. The van der Waals surface area contributed by atoms with Crippen LogP contribution in [0.5, 0.6) is 5.75 Å². The van der Waals surface area contributed by atoms with Crippen molar-refractivity contribution >= 4 is 23.6 Å². The molecule has 0 bridgehead atoms. The van der Waals surface area contributed by atoms with E-state index in [-0.39, 0.29) is 29.2 Å². The van der Waals surface area contributed by atoms with Crippen molar-refractivity contribution in [3.05, 3.63) is 90.2 Å². The Morgan fingerprint density at radius 1 is 1.00 bits per heavy atom. The maximum absolute atomic E-state index is 14.2. The zero-order chi connectivity index (χ0) is 27.4. The minimum atomic E-state index is -0.541. The summed E-state index contributed by atoms with van der Waals surface area (Å²) in [5.74, 6) is 0.556. The highest BCUT2D eigenvalue weighted by molar-refractivity contribution is 7.99. The molecule has 1 aromatic heterocycles. The molecular weight excluding hydrogens is 517 g/mol. The van der Waals surface area contributed by atoms with E-state index in [4.69, 9.17) is 4.74 Å². The molecule has 10 heteroatoms. The van der Waals surface area contributed by atoms with Gasteiger partial charge in [-0.1, -0.05) is 54.2 Å². The Bertz CT molecular complexity index is 1480. The summed E-state index contributed by atoms with van der Waals surface area (Å²) in [7, 11) is 1.62. The Labute approximate surface area is 230 Å². The van der Waals surface area contributed by atoms with Crippen molar-refractivity contribution in [2.75, 3.05) is 32.5 Å². The van der Waals surface area contributed by atoms with Crippen LogP contribution >= 0.6 is 11.8 Å². The van der Waals surface area contributed by atoms with Crippen LogP contribution in [0.15, 0.2) is 84.0 Å². The van der Waals surface area contributed by atoms with E-state index in [1.54, 1.807) is 29.0 Å². The van der Waals surface area contributed by atoms with Gasteiger partial charge in [0, 0.05) is 36.9 Å². The minimum Gasteiger partial charge on any atom is -0.497 e. The molecule has 0 radical (unpaired) electrons. The third-order valence-electron chi connectivity index (χ3n) is 6.65. The third kappa shape index (κ3) is 5.65. The number of hydrogen-bond donors (Lipinski definition) is 0. The maximum atomic E-state index is 14.2. The zero-order valence-corrected chi connectivity index (χ0v) is 22.5. The predicted octanol–water partition coefficient (Wildman–Crippen LogP) is 4.55. The molecule has 5 rings (SSSR count). The summed E-state index contributed by atoms with van der Waals surface area (Å²) < 4.78 is 21.5. The van der Waals surface area contributed by atoms with Gasteiger partial charge < -0.3 is 14.5 Å². The molecule has 2 amide bonds. The molecular formula is C29H28FN5O3S. The standard InChI is InChI=1S/C29H28FN5O3S/c1-20-18-33(15-16-34(20)28(37)24-13-6-7-14-25(24)30)26(36)19-39-29-32-31-27(21-9-8-12-23(17-21)38-2)35(29)22-10-4-3-5-11-22/h3-14,17,20H,15-16,18-19H2,1-2H3. The number of methoxy groups -OCH3 is 1. The lowest BCUT2D eigenvalue weighted by Gasteiger charge is -2.40. The molecule has 0 saturated carbocycles. The first-order valence-electron chi connectivity index (χ1n) is 12.6. The molecule has 1 atom stereocenters. The van der Waals surface area contributed by atoms with Crippen molar-refractivity contribution < 1.29 is 18.7 Å². The van der Waals surface area contributed by atoms with Crippen molar-refractivity contribution in [2.24, 2.45) is 0 Å². The van der Waals surface area contributed by atoms with E-state index in [1.165, 1.54) is 23.9 Å². The Morgan fingerprint density at radius 3 is 2.51 bits per heavy atom. The van der Waals surface area contributed by atoms with Crippen LogP contribution < -0.4 is 4.74 Å². The van der Waals surface area contributed by atoms with Crippen molar-refractivity contribution in [1.29, 1.82) is 0 Å². The number of carbonyl (C=O) groups excluding carboxylic acids is 2. The number of thioether (sulfide) groups is 1. The summed E-state index contributed by atoms with van der Waals surface area (Å²) in [4.78, 5) is 29.5. The first kappa shape index (κ1) is 26.4. The van der Waals surface area contributed by atoms with E-state index < -0.39 is 5.82 Å². The van der Waals surface area contributed by atoms with Crippen LogP contribution in [-0.4, -0.2) is 74.9 Å². The monoisotopic (exact) mass is 545 g/mol. The van der Waals surface area contributed by atoms with E-state index in [9.17, 15) is 14.0 Å². The van der Waals surface area contributed by atoms with Crippen LogP contribution in [0.1, 0.15) is 17.3 Å². The Morgan fingerprint density at radius 2 is 1.77 bits per heavy atom. The second-order valence-electron chi connectivity index (χ2n) is 9.16. The Hall–Kier alpha value is -4.18. The maximum Gasteiger partial charge on any atom is 0.257 e. The van der Waals surface area contributed by atoms with Crippen molar-refractivity contribution in [3.63, 3.8) is 0 Å². The lowest BCUT2D eigenvalue weighted by molar-refractivity contribution is -0.130. The molecule has 0 aliphatic carbocycles. The number of benzene rings is 3. The molecule has 1 fully saturated rings. The van der Waals surface area contributed by atoms with E-state index in [0.29, 0.717) is 36.4 Å². The van der Waals surface area contributed by atoms with Crippen LogP contribution in [0.3, 0.4) is 0 Å². The Balaban J connectivity index is 1.29. The number of nitrogens with zero attached hydrogens (tertiary/aromatic N) is 5. The van der Waals surface area contributed by atoms with Crippen molar-refractivity contribution in [3.8, 4) is 22.8 Å². The van der Waals surface area contributed by atoms with E-state index >= 15 is 0 Å². The van der Waals surface area contributed by atoms with Gasteiger partial charge in [-0.3, -0.25) is 14.2 Å². The minimum absolute atomic E-state index is 0.0479. The number of amides is 2. The average Bonchev–Trinajstić information content (AvgIpc) is 3.40. The van der Waals surface area contributed by atoms with Crippen LogP contribution in [0.25, 0.3) is 17.1 Å². The zero-order valence-electron chi connectivity index (χ0n) is 21.7. The largest absolute Gasteiger partial charge is 0.497 e. The van der Waals surface area contributed by atoms with Crippen LogP contribution in [0, 0.1) is 5.82 Å². The quantitative estimate of drug-likeness (QED) is 0.317. The van der Waals surface area contributed by atoms with Crippen molar-refractivity contribution in [1.82, 2.24) is 24.6 Å². The van der Waals surface area contributed by atoms with Gasteiger partial charge in [-0.15, -0.1) is 10.2 Å². The lowest BCUT2D eigenvalue weighted by Crippen LogP contribution is -2.55. The molecule has 8 nitrogen and oxygen atoms in total. The fourth-order valence-electron chi connectivity index (χ4n) is 4.62.